The molecule has 2 aromatic carbocycles. The second kappa shape index (κ2) is 9.54. The lowest BCUT2D eigenvalue weighted by atomic mass is 10.00. The lowest BCUT2D eigenvalue weighted by Gasteiger charge is -2.25. The smallest absolute Gasteiger partial charge is 0.326 e. The van der Waals surface area contributed by atoms with E-state index in [1.807, 2.05) is 37.3 Å². The maximum atomic E-state index is 12.2. The van der Waals surface area contributed by atoms with Crippen LogP contribution in [-0.4, -0.2) is 47.5 Å². The molecule has 0 spiro atoms. The Balaban J connectivity index is 1.67. The number of esters is 1. The summed E-state index contributed by atoms with van der Waals surface area (Å²) in [6.07, 6.45) is -0.320. The van der Waals surface area contributed by atoms with Crippen LogP contribution in [0, 0.1) is 6.92 Å². The molecular weight excluding hydrogens is 392 g/mol. The van der Waals surface area contributed by atoms with Gasteiger partial charge in [0.05, 0.1) is 0 Å². The Morgan fingerprint density at radius 3 is 2.61 bits per heavy atom. The molecule has 1 aromatic heterocycles. The molecule has 6 nitrogen and oxygen atoms in total. The van der Waals surface area contributed by atoms with E-state index >= 15 is 0 Å². The van der Waals surface area contributed by atoms with E-state index < -0.39 is 11.6 Å². The number of rotatable bonds is 9. The summed E-state index contributed by atoms with van der Waals surface area (Å²) < 4.78 is 13.2. The zero-order chi connectivity index (χ0) is 22.6. The molecule has 31 heavy (non-hydrogen) atoms. The Bertz CT molecular complexity index is 1050. The summed E-state index contributed by atoms with van der Waals surface area (Å²) in [7, 11) is 3.77. The van der Waals surface area contributed by atoms with Gasteiger partial charge < -0.3 is 24.5 Å². The molecule has 0 amide bonds. The molecular formula is C25H32N2O4. The van der Waals surface area contributed by atoms with Crippen molar-refractivity contribution < 1.29 is 19.4 Å². The van der Waals surface area contributed by atoms with E-state index in [2.05, 4.69) is 42.1 Å². The molecule has 6 heteroatoms. The number of aliphatic hydroxyl groups excluding tert-OH is 1. The molecule has 0 saturated heterocycles. The van der Waals surface area contributed by atoms with Crippen molar-refractivity contribution in [2.45, 2.75) is 38.8 Å². The zero-order valence-electron chi connectivity index (χ0n) is 18.9. The molecule has 1 heterocycles. The molecule has 0 fully saturated rings. The number of fused-ring (bicyclic) bond motifs is 1. The molecule has 0 saturated carbocycles. The van der Waals surface area contributed by atoms with Crippen LogP contribution in [0.1, 0.15) is 25.8 Å². The van der Waals surface area contributed by atoms with E-state index in [1.54, 1.807) is 14.0 Å². The largest absolute Gasteiger partial charge is 0.491 e. The predicted octanol–water partition coefficient (Wildman–Crippen LogP) is 3.82. The first-order chi connectivity index (χ1) is 14.8. The SMILES string of the molecule is CCC(C)(NC)C(=O)OCC(O)COc1ccc(C)c(-c2cc3ccccc3n2C)c1. The first-order valence-electron chi connectivity index (χ1n) is 10.6. The lowest BCUT2D eigenvalue weighted by Crippen LogP contribution is -2.48. The van der Waals surface area contributed by atoms with E-state index in [0.717, 1.165) is 16.8 Å². The number of nitrogens with one attached hydrogen (secondary N) is 1. The number of aromatic nitrogens is 1. The summed E-state index contributed by atoms with van der Waals surface area (Å²) in [6, 6.07) is 16.3. The standard InChI is InChI=1S/C25H32N2O4/c1-6-25(3,26-4)24(29)31-16-19(28)15-30-20-12-11-17(2)21(14-20)23-13-18-9-7-8-10-22(18)27(23)5/h7-14,19,26,28H,6,15-16H2,1-5H3. The highest BCUT2D eigenvalue weighted by atomic mass is 16.6. The van der Waals surface area contributed by atoms with E-state index in [4.69, 9.17) is 9.47 Å². The van der Waals surface area contributed by atoms with Gasteiger partial charge in [-0.2, -0.15) is 0 Å². The summed E-state index contributed by atoms with van der Waals surface area (Å²) in [5.74, 6) is 0.273. The van der Waals surface area contributed by atoms with Crippen LogP contribution in [-0.2, 0) is 16.6 Å². The van der Waals surface area contributed by atoms with Gasteiger partial charge in [0.1, 0.15) is 30.6 Å². The highest BCUT2D eigenvalue weighted by Gasteiger charge is 2.31. The van der Waals surface area contributed by atoms with E-state index in [9.17, 15) is 9.90 Å². The van der Waals surface area contributed by atoms with Crippen molar-refractivity contribution in [1.82, 2.24) is 9.88 Å². The highest BCUT2D eigenvalue weighted by Crippen LogP contribution is 2.32. The second-order valence-electron chi connectivity index (χ2n) is 8.12. The van der Waals surface area contributed by atoms with Gasteiger partial charge in [-0.15, -0.1) is 0 Å². The number of carbonyl (C=O) groups excluding carboxylic acids is 1. The van der Waals surface area contributed by atoms with Crippen LogP contribution in [0.2, 0.25) is 0 Å². The van der Waals surface area contributed by atoms with Crippen molar-refractivity contribution in [2.75, 3.05) is 20.3 Å². The third kappa shape index (κ3) is 4.92. The molecule has 2 N–H and O–H groups in total. The Kier molecular flexibility index (Phi) is 7.03. The molecule has 0 bridgehead atoms. The van der Waals surface area contributed by atoms with Gasteiger partial charge in [-0.1, -0.05) is 31.2 Å². The fraction of sp³-hybridized carbons (Fsp3) is 0.400. The van der Waals surface area contributed by atoms with Crippen LogP contribution >= 0.6 is 0 Å². The summed E-state index contributed by atoms with van der Waals surface area (Å²) in [5.41, 5.74) is 3.72. The predicted molar refractivity (Wildman–Crippen MR) is 123 cm³/mol. The maximum Gasteiger partial charge on any atom is 0.326 e. The summed E-state index contributed by atoms with van der Waals surface area (Å²) in [4.78, 5) is 12.2. The molecule has 0 aliphatic heterocycles. The van der Waals surface area contributed by atoms with E-state index in [0.29, 0.717) is 12.2 Å². The topological polar surface area (TPSA) is 72.7 Å². The second-order valence-corrected chi connectivity index (χ2v) is 8.12. The average Bonchev–Trinajstić information content (AvgIpc) is 3.12. The molecule has 0 radical (unpaired) electrons. The third-order valence-corrected chi connectivity index (χ3v) is 6.00. The van der Waals surface area contributed by atoms with Gasteiger partial charge in [-0.25, -0.2) is 0 Å². The number of benzene rings is 2. The Morgan fingerprint density at radius 1 is 1.19 bits per heavy atom. The number of ether oxygens (including phenoxy) is 2. The average molecular weight is 425 g/mol. The normalized spacial score (nSPS) is 14.3. The van der Waals surface area contributed by atoms with Gasteiger partial charge in [0.25, 0.3) is 0 Å². The Hall–Kier alpha value is -2.83. The first-order valence-corrected chi connectivity index (χ1v) is 10.6. The summed E-state index contributed by atoms with van der Waals surface area (Å²) in [5, 5.41) is 14.4. The number of hydrogen-bond donors (Lipinski definition) is 2. The summed E-state index contributed by atoms with van der Waals surface area (Å²) in [6.45, 7) is 5.67. The number of likely N-dealkylation sites (N-methyl/N-ethyl adjacent to an activating group) is 1. The van der Waals surface area contributed by atoms with Crippen LogP contribution in [0.3, 0.4) is 0 Å². The number of hydrogen-bond acceptors (Lipinski definition) is 5. The van der Waals surface area contributed by atoms with Crippen molar-refractivity contribution in [3.05, 3.63) is 54.1 Å². The Labute approximate surface area is 183 Å². The fourth-order valence-electron chi connectivity index (χ4n) is 3.51. The van der Waals surface area contributed by atoms with Crippen LogP contribution in [0.5, 0.6) is 5.75 Å². The number of aryl methyl sites for hydroxylation is 2. The quantitative estimate of drug-likeness (QED) is 0.511. The van der Waals surface area contributed by atoms with Crippen LogP contribution in [0.15, 0.2) is 48.5 Å². The van der Waals surface area contributed by atoms with Crippen LogP contribution in [0.4, 0.5) is 0 Å². The van der Waals surface area contributed by atoms with Gasteiger partial charge in [0.15, 0.2) is 0 Å². The van der Waals surface area contributed by atoms with Gasteiger partial charge in [0, 0.05) is 29.2 Å². The summed E-state index contributed by atoms with van der Waals surface area (Å²) >= 11 is 0. The number of aliphatic hydroxyl groups is 1. The van der Waals surface area contributed by atoms with Crippen LogP contribution < -0.4 is 10.1 Å². The van der Waals surface area contributed by atoms with Crippen molar-refractivity contribution in [2.24, 2.45) is 7.05 Å². The highest BCUT2D eigenvalue weighted by molar-refractivity contribution is 5.87. The lowest BCUT2D eigenvalue weighted by molar-refractivity contribution is -0.154. The van der Waals surface area contributed by atoms with Gasteiger partial charge in [-0.05, 0) is 57.1 Å². The minimum atomic E-state index is -0.913. The van der Waals surface area contributed by atoms with Crippen molar-refractivity contribution in [3.8, 4) is 17.0 Å². The van der Waals surface area contributed by atoms with Crippen molar-refractivity contribution in [3.63, 3.8) is 0 Å². The number of nitrogens with zero attached hydrogens (tertiary/aromatic N) is 1. The molecule has 0 aliphatic carbocycles. The molecule has 166 valence electrons. The number of para-hydroxylation sites is 1. The minimum Gasteiger partial charge on any atom is -0.491 e. The van der Waals surface area contributed by atoms with Gasteiger partial charge >= 0.3 is 5.97 Å². The molecule has 0 aliphatic rings. The fourth-order valence-corrected chi connectivity index (χ4v) is 3.51. The molecule has 2 unspecified atom stereocenters. The monoisotopic (exact) mass is 424 g/mol. The molecule has 2 atom stereocenters. The Morgan fingerprint density at radius 2 is 1.94 bits per heavy atom. The first kappa shape index (κ1) is 22.8. The maximum absolute atomic E-state index is 12.2. The van der Waals surface area contributed by atoms with Crippen molar-refractivity contribution >= 4 is 16.9 Å². The third-order valence-electron chi connectivity index (χ3n) is 6.00. The number of carbonyl (C=O) groups is 1. The van der Waals surface area contributed by atoms with E-state index in [1.165, 1.54) is 10.9 Å². The zero-order valence-corrected chi connectivity index (χ0v) is 18.9. The molecule has 3 rings (SSSR count). The van der Waals surface area contributed by atoms with Crippen LogP contribution in [0.25, 0.3) is 22.2 Å². The minimum absolute atomic E-state index is 0.0350. The van der Waals surface area contributed by atoms with E-state index in [-0.39, 0.29) is 19.2 Å². The molecule has 3 aromatic rings. The van der Waals surface area contributed by atoms with Gasteiger partial charge in [-0.3, -0.25) is 4.79 Å². The van der Waals surface area contributed by atoms with Crippen molar-refractivity contribution in [1.29, 1.82) is 0 Å². The van der Waals surface area contributed by atoms with Gasteiger partial charge in [0.2, 0.25) is 0 Å².